The van der Waals surface area contributed by atoms with Gasteiger partial charge in [-0.05, 0) is 24.1 Å². The fourth-order valence-electron chi connectivity index (χ4n) is 4.06. The molecule has 0 heterocycles. The highest BCUT2D eigenvalue weighted by Crippen LogP contribution is 2.42. The van der Waals surface area contributed by atoms with E-state index in [1.807, 2.05) is 0 Å². The predicted molar refractivity (Wildman–Crippen MR) is 116 cm³/mol. The number of hydrogen-bond donors (Lipinski definition) is 0. The van der Waals surface area contributed by atoms with Gasteiger partial charge in [0.2, 0.25) is 7.83 Å². The molecule has 24 heavy (non-hydrogen) atoms. The maximum Gasteiger partial charge on any atom is 0.235 e. The van der Waals surface area contributed by atoms with Gasteiger partial charge in [0, 0.05) is 6.61 Å². The van der Waals surface area contributed by atoms with E-state index >= 15 is 0 Å². The molecule has 0 fully saturated rings. The molecular weight excluding hydrogens is 340 g/mol. The first kappa shape index (κ1) is 19.6. The van der Waals surface area contributed by atoms with Gasteiger partial charge in [-0.3, -0.25) is 0 Å². The minimum Gasteiger partial charge on any atom is -0.411 e. The van der Waals surface area contributed by atoms with Crippen LogP contribution < -0.4 is 5.19 Å². The van der Waals surface area contributed by atoms with Gasteiger partial charge in [0.15, 0.2) is 0 Å². The SMILES string of the molecule is CCO[Si](C1=CCC=CC1[Si](C)(C)C)(c1ccccc1)[Si](C)(C)C. The molecule has 0 saturated heterocycles. The van der Waals surface area contributed by atoms with Crippen molar-refractivity contribution < 1.29 is 4.43 Å². The van der Waals surface area contributed by atoms with Crippen LogP contribution in [-0.4, -0.2) is 30.1 Å². The van der Waals surface area contributed by atoms with Crippen molar-refractivity contribution in [2.75, 3.05) is 6.61 Å². The van der Waals surface area contributed by atoms with Crippen LogP contribution in [0.1, 0.15) is 13.3 Å². The van der Waals surface area contributed by atoms with Gasteiger partial charge in [0.25, 0.3) is 0 Å². The summed E-state index contributed by atoms with van der Waals surface area (Å²) in [6.45, 7) is 18.0. The van der Waals surface area contributed by atoms with Gasteiger partial charge in [-0.15, -0.1) is 0 Å². The molecule has 0 radical (unpaired) electrons. The Morgan fingerprint density at radius 3 is 2.12 bits per heavy atom. The molecule has 0 N–H and O–H groups in total. The molecule has 2 rings (SSSR count). The van der Waals surface area contributed by atoms with Crippen LogP contribution in [0.4, 0.5) is 0 Å². The second-order valence-corrected chi connectivity index (χ2v) is 28.2. The molecule has 1 aliphatic rings. The molecule has 2 atom stereocenters. The van der Waals surface area contributed by atoms with Crippen molar-refractivity contribution in [2.45, 2.75) is 58.2 Å². The zero-order valence-electron chi connectivity index (χ0n) is 16.5. The number of hydrogen-bond acceptors (Lipinski definition) is 1. The second kappa shape index (κ2) is 7.28. The van der Waals surface area contributed by atoms with E-state index in [4.69, 9.17) is 4.43 Å². The van der Waals surface area contributed by atoms with Gasteiger partial charge in [-0.1, -0.05) is 93.0 Å². The third-order valence-corrected chi connectivity index (χ3v) is 21.5. The van der Waals surface area contributed by atoms with Crippen LogP contribution in [0.2, 0.25) is 44.8 Å². The van der Waals surface area contributed by atoms with E-state index in [2.05, 4.69) is 94.8 Å². The Bertz CT molecular complexity index is 608. The van der Waals surface area contributed by atoms with E-state index in [-0.39, 0.29) is 0 Å². The second-order valence-electron chi connectivity index (χ2n) is 8.90. The van der Waals surface area contributed by atoms with E-state index in [0.717, 1.165) is 13.0 Å². The number of benzene rings is 1. The molecule has 0 amide bonds. The molecule has 0 aromatic heterocycles. The third-order valence-electron chi connectivity index (χ3n) is 5.07. The Labute approximate surface area is 151 Å². The number of allylic oxidation sites excluding steroid dienone is 4. The minimum atomic E-state index is -2.16. The highest BCUT2D eigenvalue weighted by molar-refractivity contribution is 7.46. The largest absolute Gasteiger partial charge is 0.411 e. The average Bonchev–Trinajstić information content (AvgIpc) is 2.51. The molecule has 1 aromatic carbocycles. The van der Waals surface area contributed by atoms with Crippen LogP contribution in [0.5, 0.6) is 0 Å². The summed E-state index contributed by atoms with van der Waals surface area (Å²) in [6, 6.07) is 11.2. The van der Waals surface area contributed by atoms with Gasteiger partial charge < -0.3 is 4.43 Å². The Hall–Kier alpha value is -0.689. The van der Waals surface area contributed by atoms with Crippen LogP contribution >= 0.6 is 0 Å². The van der Waals surface area contributed by atoms with Crippen molar-refractivity contribution in [3.8, 4) is 0 Å². The van der Waals surface area contributed by atoms with Crippen molar-refractivity contribution in [2.24, 2.45) is 0 Å². The summed E-state index contributed by atoms with van der Waals surface area (Å²) in [7, 11) is -5.08. The fourth-order valence-corrected chi connectivity index (χ4v) is 21.2. The third kappa shape index (κ3) is 3.62. The quantitative estimate of drug-likeness (QED) is 0.477. The number of rotatable bonds is 6. The van der Waals surface area contributed by atoms with E-state index < -0.39 is 23.5 Å². The van der Waals surface area contributed by atoms with Gasteiger partial charge in [0.1, 0.15) is 0 Å². The summed E-state index contributed by atoms with van der Waals surface area (Å²) in [5.74, 6) is 0. The van der Waals surface area contributed by atoms with Crippen molar-refractivity contribution in [1.82, 2.24) is 0 Å². The molecule has 0 bridgehead atoms. The highest BCUT2D eigenvalue weighted by Gasteiger charge is 2.55. The Balaban J connectivity index is 2.72. The molecule has 4 heteroatoms. The monoisotopic (exact) mass is 374 g/mol. The predicted octanol–water partition coefficient (Wildman–Crippen LogP) is 5.43. The molecule has 1 aromatic rings. The average molecular weight is 375 g/mol. The molecule has 2 unspecified atom stereocenters. The van der Waals surface area contributed by atoms with Crippen molar-refractivity contribution in [3.63, 3.8) is 0 Å². The first-order valence-electron chi connectivity index (χ1n) is 9.21. The molecule has 0 aliphatic heterocycles. The highest BCUT2D eigenvalue weighted by atomic mass is 29.3. The summed E-state index contributed by atoms with van der Waals surface area (Å²) in [4.78, 5) is 0. The molecule has 132 valence electrons. The first-order chi connectivity index (χ1) is 11.1. The zero-order chi connectivity index (χ0) is 18.0. The van der Waals surface area contributed by atoms with Crippen molar-refractivity contribution in [3.05, 3.63) is 53.8 Å². The van der Waals surface area contributed by atoms with Crippen LogP contribution in [-0.2, 0) is 4.43 Å². The van der Waals surface area contributed by atoms with E-state index in [1.165, 1.54) is 5.19 Å². The molecule has 0 saturated carbocycles. The smallest absolute Gasteiger partial charge is 0.235 e. The van der Waals surface area contributed by atoms with Gasteiger partial charge in [0.05, 0.1) is 15.7 Å². The summed E-state index contributed by atoms with van der Waals surface area (Å²) in [6.07, 6.45) is 8.48. The summed E-state index contributed by atoms with van der Waals surface area (Å²) >= 11 is 0. The lowest BCUT2D eigenvalue weighted by molar-refractivity contribution is 0.346. The van der Waals surface area contributed by atoms with Crippen LogP contribution in [0.15, 0.2) is 53.8 Å². The topological polar surface area (TPSA) is 9.23 Å². The van der Waals surface area contributed by atoms with Crippen molar-refractivity contribution >= 4 is 28.7 Å². The Morgan fingerprint density at radius 2 is 1.62 bits per heavy atom. The summed E-state index contributed by atoms with van der Waals surface area (Å²) in [5, 5.41) is 3.16. The Morgan fingerprint density at radius 1 is 1.00 bits per heavy atom. The Kier molecular flexibility index (Phi) is 5.95. The van der Waals surface area contributed by atoms with E-state index in [0.29, 0.717) is 5.54 Å². The molecular formula is C20H34OSi3. The van der Waals surface area contributed by atoms with Crippen LogP contribution in [0.3, 0.4) is 0 Å². The summed E-state index contributed by atoms with van der Waals surface area (Å²) < 4.78 is 6.87. The lowest BCUT2D eigenvalue weighted by atomic mass is 10.2. The summed E-state index contributed by atoms with van der Waals surface area (Å²) in [5.41, 5.74) is 0.608. The maximum absolute atomic E-state index is 6.87. The normalized spacial score (nSPS) is 21.3. The van der Waals surface area contributed by atoms with Crippen LogP contribution in [0, 0.1) is 0 Å². The van der Waals surface area contributed by atoms with Crippen molar-refractivity contribution in [1.29, 1.82) is 0 Å². The maximum atomic E-state index is 6.87. The molecule has 1 aliphatic carbocycles. The van der Waals surface area contributed by atoms with Gasteiger partial charge >= 0.3 is 0 Å². The standard InChI is InChI=1S/C20H34OSi3/c1-8-21-24(23(5,6)7,18-14-10-9-11-15-18)20-17-13-12-16-19(20)22(2,3)4/h9-12,14-17,19H,8,13H2,1-7H3. The van der Waals surface area contributed by atoms with Crippen LogP contribution in [0.25, 0.3) is 0 Å². The van der Waals surface area contributed by atoms with Gasteiger partial charge in [-0.25, -0.2) is 0 Å². The first-order valence-corrected chi connectivity index (χ1v) is 19.2. The lowest BCUT2D eigenvalue weighted by Gasteiger charge is -2.48. The van der Waals surface area contributed by atoms with E-state index in [1.54, 1.807) is 5.20 Å². The van der Waals surface area contributed by atoms with Gasteiger partial charge in [-0.2, -0.15) is 0 Å². The lowest BCUT2D eigenvalue weighted by Crippen LogP contribution is -2.70. The minimum absolute atomic E-state index is 0.608. The molecule has 1 nitrogen and oxygen atoms in total. The zero-order valence-corrected chi connectivity index (χ0v) is 19.5. The fraction of sp³-hybridized carbons (Fsp3) is 0.500. The van der Waals surface area contributed by atoms with E-state index in [9.17, 15) is 0 Å². The molecule has 0 spiro atoms.